The maximum absolute atomic E-state index is 12.3. The van der Waals surface area contributed by atoms with Gasteiger partial charge in [0.25, 0.3) is 0 Å². The van der Waals surface area contributed by atoms with E-state index in [-0.39, 0.29) is 24.0 Å². The fraction of sp³-hybridized carbons (Fsp3) is 0.0741. The van der Waals surface area contributed by atoms with E-state index in [0.717, 1.165) is 5.56 Å². The molecule has 0 aliphatic rings. The Bertz CT molecular complexity index is 1760. The van der Waals surface area contributed by atoms with Crippen LogP contribution in [0.5, 0.6) is 0 Å². The average molecular weight is 616 g/mol. The third-order valence-electron chi connectivity index (χ3n) is 5.74. The first-order chi connectivity index (χ1) is 19.2. The molecule has 0 atom stereocenters. The summed E-state index contributed by atoms with van der Waals surface area (Å²) >= 11 is 19.2. The number of aliphatic hydroxyl groups excluding tert-OH is 1. The van der Waals surface area contributed by atoms with Crippen molar-refractivity contribution in [3.05, 3.63) is 94.1 Å². The zero-order valence-corrected chi connectivity index (χ0v) is 23.7. The van der Waals surface area contributed by atoms with Gasteiger partial charge in [-0.05, 0) is 54.6 Å². The van der Waals surface area contributed by atoms with Crippen molar-refractivity contribution in [3.8, 4) is 34.0 Å². The molecule has 0 aliphatic carbocycles. The topological polar surface area (TPSA) is 133 Å². The van der Waals surface area contributed by atoms with Gasteiger partial charge < -0.3 is 15.4 Å². The van der Waals surface area contributed by atoms with Crippen molar-refractivity contribution < 1.29 is 13.5 Å². The maximum atomic E-state index is 12.3. The number of aromatic nitrogens is 4. The summed E-state index contributed by atoms with van der Waals surface area (Å²) < 4.78 is 26.9. The van der Waals surface area contributed by atoms with Crippen LogP contribution in [0.2, 0.25) is 15.1 Å². The molecule has 9 nitrogen and oxygen atoms in total. The summed E-state index contributed by atoms with van der Waals surface area (Å²) in [4.78, 5) is 17.2. The third-order valence-corrected chi connectivity index (χ3v) is 8.08. The summed E-state index contributed by atoms with van der Waals surface area (Å²) in [6.45, 7) is -0.368. The highest BCUT2D eigenvalue weighted by molar-refractivity contribution is 7.89. The van der Waals surface area contributed by atoms with E-state index in [0.29, 0.717) is 49.2 Å². The number of hydrogen-bond donors (Lipinski definition) is 4. The van der Waals surface area contributed by atoms with Gasteiger partial charge in [0.15, 0.2) is 0 Å². The average Bonchev–Trinajstić information content (AvgIpc) is 3.37. The summed E-state index contributed by atoms with van der Waals surface area (Å²) in [6.07, 6.45) is 1.59. The van der Waals surface area contributed by atoms with Gasteiger partial charge in [0.2, 0.25) is 16.0 Å². The standard InChI is InChI=1S/C27H21Cl3N6O3S/c28-17-4-1-3-16(15-17)24-25(36-26(35-24)23-20(29)5-2-6-21(23)30)22-11-12-31-27(34-22)33-18-7-9-19(10-8-18)40(38,39)32-13-14-37/h1-12,15,32,37H,13-14H2,(H,35,36)(H,31,33,34). The van der Waals surface area contributed by atoms with E-state index in [1.165, 1.54) is 12.1 Å². The number of aromatic amines is 1. The first-order valence-corrected chi connectivity index (χ1v) is 14.5. The van der Waals surface area contributed by atoms with E-state index in [1.807, 2.05) is 12.1 Å². The van der Waals surface area contributed by atoms with Crippen LogP contribution in [-0.2, 0) is 10.0 Å². The highest BCUT2D eigenvalue weighted by Crippen LogP contribution is 2.38. The molecule has 5 rings (SSSR count). The Balaban J connectivity index is 1.51. The number of hydrogen-bond acceptors (Lipinski definition) is 7. The molecule has 0 fully saturated rings. The first-order valence-electron chi connectivity index (χ1n) is 11.9. The fourth-order valence-corrected chi connectivity index (χ4v) is 5.70. The summed E-state index contributed by atoms with van der Waals surface area (Å²) in [5.41, 5.74) is 3.59. The van der Waals surface area contributed by atoms with Gasteiger partial charge in [-0.3, -0.25) is 0 Å². The zero-order chi connectivity index (χ0) is 28.3. The van der Waals surface area contributed by atoms with Gasteiger partial charge in [0.05, 0.1) is 44.2 Å². The minimum Gasteiger partial charge on any atom is -0.395 e. The second-order valence-electron chi connectivity index (χ2n) is 8.45. The lowest BCUT2D eigenvalue weighted by atomic mass is 10.1. The first kappa shape index (κ1) is 28.0. The normalized spacial score (nSPS) is 11.5. The van der Waals surface area contributed by atoms with Crippen molar-refractivity contribution in [2.24, 2.45) is 0 Å². The number of sulfonamides is 1. The summed E-state index contributed by atoms with van der Waals surface area (Å²) in [7, 11) is -3.72. The lowest BCUT2D eigenvalue weighted by Crippen LogP contribution is -2.26. The minimum absolute atomic E-state index is 0.0653. The Hall–Kier alpha value is -3.51. The number of H-pyrrole nitrogens is 1. The monoisotopic (exact) mass is 614 g/mol. The van der Waals surface area contributed by atoms with E-state index in [9.17, 15) is 8.42 Å². The Morgan fingerprint density at radius 2 is 1.62 bits per heavy atom. The zero-order valence-electron chi connectivity index (χ0n) is 20.6. The van der Waals surface area contributed by atoms with Gasteiger partial charge in [-0.2, -0.15) is 0 Å². The van der Waals surface area contributed by atoms with Gasteiger partial charge in [-0.25, -0.2) is 28.1 Å². The Morgan fingerprint density at radius 3 is 2.33 bits per heavy atom. The number of anilines is 2. The van der Waals surface area contributed by atoms with Crippen molar-refractivity contribution in [3.63, 3.8) is 0 Å². The fourth-order valence-electron chi connectivity index (χ4n) is 3.91. The molecular weight excluding hydrogens is 595 g/mol. The molecule has 204 valence electrons. The van der Waals surface area contributed by atoms with Crippen molar-refractivity contribution >= 4 is 56.5 Å². The molecule has 13 heteroatoms. The Labute approximate surface area is 245 Å². The van der Waals surface area contributed by atoms with Crippen LogP contribution in [0, 0.1) is 0 Å². The molecule has 2 aromatic heterocycles. The van der Waals surface area contributed by atoms with Gasteiger partial charge in [0, 0.05) is 29.0 Å². The largest absolute Gasteiger partial charge is 0.395 e. The van der Waals surface area contributed by atoms with Crippen LogP contribution >= 0.6 is 34.8 Å². The molecular formula is C27H21Cl3N6O3S. The molecule has 4 N–H and O–H groups in total. The molecule has 0 saturated heterocycles. The van der Waals surface area contributed by atoms with E-state index < -0.39 is 10.0 Å². The lowest BCUT2D eigenvalue weighted by Gasteiger charge is -2.09. The maximum Gasteiger partial charge on any atom is 0.240 e. The molecule has 0 bridgehead atoms. The highest BCUT2D eigenvalue weighted by Gasteiger charge is 2.20. The molecule has 2 heterocycles. The Kier molecular flexibility index (Phi) is 8.36. The van der Waals surface area contributed by atoms with Crippen LogP contribution in [0.1, 0.15) is 0 Å². The molecule has 0 amide bonds. The smallest absolute Gasteiger partial charge is 0.240 e. The third kappa shape index (κ3) is 6.12. The van der Waals surface area contributed by atoms with Crippen LogP contribution in [-0.4, -0.2) is 46.6 Å². The number of halogens is 3. The van der Waals surface area contributed by atoms with Crippen molar-refractivity contribution in [2.75, 3.05) is 18.5 Å². The van der Waals surface area contributed by atoms with E-state index in [4.69, 9.17) is 44.9 Å². The van der Waals surface area contributed by atoms with Crippen LogP contribution < -0.4 is 10.0 Å². The van der Waals surface area contributed by atoms with E-state index >= 15 is 0 Å². The number of benzene rings is 3. The number of aliphatic hydroxyl groups is 1. The van der Waals surface area contributed by atoms with Gasteiger partial charge >= 0.3 is 0 Å². The molecule has 3 aromatic carbocycles. The molecule has 5 aromatic rings. The van der Waals surface area contributed by atoms with Crippen LogP contribution in [0.3, 0.4) is 0 Å². The summed E-state index contributed by atoms with van der Waals surface area (Å²) in [6, 6.07) is 20.3. The molecule has 0 radical (unpaired) electrons. The number of imidazole rings is 1. The predicted molar refractivity (Wildman–Crippen MR) is 158 cm³/mol. The van der Waals surface area contributed by atoms with Gasteiger partial charge in [-0.1, -0.05) is 53.0 Å². The molecule has 0 spiro atoms. The number of rotatable bonds is 9. The lowest BCUT2D eigenvalue weighted by molar-refractivity contribution is 0.301. The molecule has 40 heavy (non-hydrogen) atoms. The van der Waals surface area contributed by atoms with Crippen LogP contribution in [0.25, 0.3) is 34.0 Å². The van der Waals surface area contributed by atoms with Gasteiger partial charge in [-0.15, -0.1) is 0 Å². The minimum atomic E-state index is -3.72. The van der Waals surface area contributed by atoms with E-state index in [2.05, 4.69) is 25.0 Å². The second kappa shape index (κ2) is 11.9. The SMILES string of the molecule is O=S(=O)(NCCO)c1ccc(Nc2nccc(-c3[nH]c(-c4c(Cl)cccc4Cl)nc3-c3cccc(Cl)c3)n2)cc1. The van der Waals surface area contributed by atoms with E-state index in [1.54, 1.807) is 54.7 Å². The van der Waals surface area contributed by atoms with Gasteiger partial charge in [0.1, 0.15) is 5.82 Å². The number of nitrogens with one attached hydrogen (secondary N) is 3. The Morgan fingerprint density at radius 1 is 0.900 bits per heavy atom. The number of nitrogens with zero attached hydrogens (tertiary/aromatic N) is 3. The molecule has 0 saturated carbocycles. The van der Waals surface area contributed by atoms with Crippen molar-refractivity contribution in [1.29, 1.82) is 0 Å². The second-order valence-corrected chi connectivity index (χ2v) is 11.5. The summed E-state index contributed by atoms with van der Waals surface area (Å²) in [5, 5.41) is 13.4. The van der Waals surface area contributed by atoms with Crippen molar-refractivity contribution in [2.45, 2.75) is 4.90 Å². The van der Waals surface area contributed by atoms with Crippen LogP contribution in [0.15, 0.2) is 83.9 Å². The molecule has 0 unspecified atom stereocenters. The van der Waals surface area contributed by atoms with Crippen molar-refractivity contribution in [1.82, 2.24) is 24.7 Å². The quantitative estimate of drug-likeness (QED) is 0.156. The van der Waals surface area contributed by atoms with Crippen LogP contribution in [0.4, 0.5) is 11.6 Å². The predicted octanol–water partition coefficient (Wildman–Crippen LogP) is 6.18. The molecule has 0 aliphatic heterocycles. The highest BCUT2D eigenvalue weighted by atomic mass is 35.5. The summed E-state index contributed by atoms with van der Waals surface area (Å²) in [5.74, 6) is 0.732.